The van der Waals surface area contributed by atoms with Crippen LogP contribution in [0.2, 0.25) is 0 Å². The van der Waals surface area contributed by atoms with Crippen LogP contribution in [-0.4, -0.2) is 36.9 Å². The number of thioether (sulfide) groups is 1. The van der Waals surface area contributed by atoms with Crippen molar-refractivity contribution in [1.82, 2.24) is 0 Å². The molecule has 0 aromatic heterocycles. The number of rotatable bonds is 6. The lowest BCUT2D eigenvalue weighted by molar-refractivity contribution is -0.150. The van der Waals surface area contributed by atoms with E-state index in [1.165, 1.54) is 18.7 Å². The molecule has 148 valence electrons. The maximum atomic E-state index is 13.6. The summed E-state index contributed by atoms with van der Waals surface area (Å²) >= 11 is 1.22. The Bertz CT molecular complexity index is 893. The minimum Gasteiger partial charge on any atom is -0.486 e. The molecule has 9 heteroatoms. The Morgan fingerprint density at radius 1 is 1.14 bits per heavy atom. The third-order valence-corrected chi connectivity index (χ3v) is 4.70. The highest BCUT2D eigenvalue weighted by molar-refractivity contribution is 8.00. The zero-order valence-corrected chi connectivity index (χ0v) is 15.7. The van der Waals surface area contributed by atoms with Gasteiger partial charge in [-0.15, -0.1) is 11.8 Å². The van der Waals surface area contributed by atoms with E-state index >= 15 is 0 Å². The average Bonchev–Trinajstić information content (AvgIpc) is 2.68. The van der Waals surface area contributed by atoms with Gasteiger partial charge < -0.3 is 19.5 Å². The minimum absolute atomic E-state index is 0.0256. The van der Waals surface area contributed by atoms with Crippen molar-refractivity contribution in [3.05, 3.63) is 48.0 Å². The second-order valence-electron chi connectivity index (χ2n) is 5.84. The van der Waals surface area contributed by atoms with Gasteiger partial charge in [-0.05, 0) is 37.3 Å². The Morgan fingerprint density at radius 2 is 1.89 bits per heavy atom. The SMILES string of the molecule is CC(OC(=O)CSc1ccc2c(c1)OCCO2)C(=O)Nc1ccc(F)cc1F. The number of fused-ring (bicyclic) bond motifs is 1. The zero-order chi connectivity index (χ0) is 20.1. The van der Waals surface area contributed by atoms with Crippen LogP contribution in [0.15, 0.2) is 41.3 Å². The molecule has 0 radical (unpaired) electrons. The van der Waals surface area contributed by atoms with Crippen LogP contribution in [0.4, 0.5) is 14.5 Å². The summed E-state index contributed by atoms with van der Waals surface area (Å²) in [5.41, 5.74) is -0.194. The first-order valence-electron chi connectivity index (χ1n) is 8.40. The first-order valence-corrected chi connectivity index (χ1v) is 9.39. The fourth-order valence-electron chi connectivity index (χ4n) is 2.37. The lowest BCUT2D eigenvalue weighted by Gasteiger charge is -2.18. The number of benzene rings is 2. The monoisotopic (exact) mass is 409 g/mol. The van der Waals surface area contributed by atoms with E-state index in [9.17, 15) is 18.4 Å². The smallest absolute Gasteiger partial charge is 0.317 e. The summed E-state index contributed by atoms with van der Waals surface area (Å²) in [7, 11) is 0. The number of ether oxygens (including phenoxy) is 3. The molecule has 0 saturated heterocycles. The Kier molecular flexibility index (Phi) is 6.35. The van der Waals surface area contributed by atoms with Gasteiger partial charge in [0, 0.05) is 11.0 Å². The number of esters is 1. The molecule has 6 nitrogen and oxygen atoms in total. The van der Waals surface area contributed by atoms with Crippen molar-refractivity contribution in [2.24, 2.45) is 0 Å². The molecule has 1 unspecified atom stereocenters. The first-order chi connectivity index (χ1) is 13.4. The van der Waals surface area contributed by atoms with Crippen LogP contribution in [0, 0.1) is 11.6 Å². The van der Waals surface area contributed by atoms with Gasteiger partial charge in [0.15, 0.2) is 17.6 Å². The molecule has 0 bridgehead atoms. The maximum absolute atomic E-state index is 13.6. The molecule has 3 rings (SSSR count). The van der Waals surface area contributed by atoms with Crippen LogP contribution in [0.25, 0.3) is 0 Å². The predicted molar refractivity (Wildman–Crippen MR) is 98.7 cm³/mol. The molecule has 0 aliphatic carbocycles. The summed E-state index contributed by atoms with van der Waals surface area (Å²) in [5.74, 6) is -1.77. The van der Waals surface area contributed by atoms with Gasteiger partial charge in [-0.1, -0.05) is 0 Å². The molecule has 1 amide bonds. The third-order valence-electron chi connectivity index (χ3n) is 3.74. The first kappa shape index (κ1) is 19.9. The summed E-state index contributed by atoms with van der Waals surface area (Å²) in [4.78, 5) is 24.8. The van der Waals surface area contributed by atoms with Crippen molar-refractivity contribution in [3.8, 4) is 11.5 Å². The Morgan fingerprint density at radius 3 is 2.64 bits per heavy atom. The van der Waals surface area contributed by atoms with Crippen molar-refractivity contribution in [2.75, 3.05) is 24.3 Å². The van der Waals surface area contributed by atoms with E-state index in [4.69, 9.17) is 14.2 Å². The fraction of sp³-hybridized carbons (Fsp3) is 0.263. The normalized spacial score (nSPS) is 13.5. The highest BCUT2D eigenvalue weighted by Gasteiger charge is 2.20. The van der Waals surface area contributed by atoms with Gasteiger partial charge in [-0.3, -0.25) is 9.59 Å². The van der Waals surface area contributed by atoms with Gasteiger partial charge in [0.2, 0.25) is 0 Å². The van der Waals surface area contributed by atoms with Crippen molar-refractivity contribution in [3.63, 3.8) is 0 Å². The number of carbonyl (C=O) groups is 2. The number of anilines is 1. The molecule has 1 heterocycles. The second kappa shape index (κ2) is 8.92. The van der Waals surface area contributed by atoms with Gasteiger partial charge >= 0.3 is 5.97 Å². The zero-order valence-electron chi connectivity index (χ0n) is 14.9. The third kappa shape index (κ3) is 5.13. The minimum atomic E-state index is -1.14. The molecule has 1 atom stereocenters. The van der Waals surface area contributed by atoms with Crippen LogP contribution in [0.1, 0.15) is 6.92 Å². The molecule has 1 N–H and O–H groups in total. The van der Waals surface area contributed by atoms with Gasteiger partial charge in [-0.25, -0.2) is 8.78 Å². The predicted octanol–water partition coefficient (Wildman–Crippen LogP) is 3.40. The number of nitrogens with one attached hydrogen (secondary N) is 1. The van der Waals surface area contributed by atoms with Crippen molar-refractivity contribution < 1.29 is 32.6 Å². The van der Waals surface area contributed by atoms with Gasteiger partial charge in [-0.2, -0.15) is 0 Å². The number of hydrogen-bond donors (Lipinski definition) is 1. The van der Waals surface area contributed by atoms with Crippen molar-refractivity contribution in [1.29, 1.82) is 0 Å². The molecular formula is C19H17F2NO5S. The molecular weight excluding hydrogens is 392 g/mol. The number of amides is 1. The van der Waals surface area contributed by atoms with E-state index in [1.54, 1.807) is 18.2 Å². The molecule has 28 heavy (non-hydrogen) atoms. The average molecular weight is 409 g/mol. The van der Waals surface area contributed by atoms with Crippen LogP contribution in [-0.2, 0) is 14.3 Å². The molecule has 2 aromatic carbocycles. The van der Waals surface area contributed by atoms with Gasteiger partial charge in [0.1, 0.15) is 24.8 Å². The number of carbonyl (C=O) groups excluding carboxylic acids is 2. The molecule has 1 aliphatic heterocycles. The lowest BCUT2D eigenvalue weighted by atomic mass is 10.2. The van der Waals surface area contributed by atoms with Crippen LogP contribution in [0.5, 0.6) is 11.5 Å². The molecule has 0 saturated carbocycles. The fourth-order valence-corrected chi connectivity index (χ4v) is 3.07. The highest BCUT2D eigenvalue weighted by atomic mass is 32.2. The Labute approximate surface area is 164 Å². The van der Waals surface area contributed by atoms with Crippen molar-refractivity contribution in [2.45, 2.75) is 17.9 Å². The van der Waals surface area contributed by atoms with E-state index in [1.807, 2.05) is 0 Å². The van der Waals surface area contributed by atoms with Crippen LogP contribution in [0.3, 0.4) is 0 Å². The topological polar surface area (TPSA) is 73.9 Å². The number of halogens is 2. The largest absolute Gasteiger partial charge is 0.486 e. The van der Waals surface area contributed by atoms with E-state index in [0.717, 1.165) is 17.0 Å². The lowest BCUT2D eigenvalue weighted by Crippen LogP contribution is -2.30. The summed E-state index contributed by atoms with van der Waals surface area (Å²) in [6, 6.07) is 8.07. The Hall–Kier alpha value is -2.81. The highest BCUT2D eigenvalue weighted by Crippen LogP contribution is 2.34. The summed E-state index contributed by atoms with van der Waals surface area (Å²) in [6.45, 7) is 2.32. The van der Waals surface area contributed by atoms with E-state index < -0.39 is 29.6 Å². The maximum Gasteiger partial charge on any atom is 0.317 e. The van der Waals surface area contributed by atoms with E-state index in [0.29, 0.717) is 30.8 Å². The van der Waals surface area contributed by atoms with Gasteiger partial charge in [0.25, 0.3) is 5.91 Å². The van der Waals surface area contributed by atoms with E-state index in [2.05, 4.69) is 5.32 Å². The number of hydrogen-bond acceptors (Lipinski definition) is 6. The summed E-state index contributed by atoms with van der Waals surface area (Å²) in [5, 5.41) is 2.26. The van der Waals surface area contributed by atoms with Crippen molar-refractivity contribution >= 4 is 29.3 Å². The van der Waals surface area contributed by atoms with Gasteiger partial charge in [0.05, 0.1) is 11.4 Å². The Balaban J connectivity index is 1.49. The molecule has 1 aliphatic rings. The molecule has 2 aromatic rings. The van der Waals surface area contributed by atoms with E-state index in [-0.39, 0.29) is 11.4 Å². The second-order valence-corrected chi connectivity index (χ2v) is 6.89. The molecule has 0 fully saturated rings. The van der Waals surface area contributed by atoms with Crippen LogP contribution < -0.4 is 14.8 Å². The molecule has 0 spiro atoms. The summed E-state index contributed by atoms with van der Waals surface area (Å²) < 4.78 is 42.4. The van der Waals surface area contributed by atoms with Crippen LogP contribution >= 0.6 is 11.8 Å². The standard InChI is InChI=1S/C19H17F2NO5S/c1-11(19(24)22-15-4-2-12(20)8-14(15)21)27-18(23)10-28-13-3-5-16-17(9-13)26-7-6-25-16/h2-5,8-9,11H,6-7,10H2,1H3,(H,22,24). The summed E-state index contributed by atoms with van der Waals surface area (Å²) in [6.07, 6.45) is -1.14. The quantitative estimate of drug-likeness (QED) is 0.582.